The molecule has 2 aromatic carbocycles. The van der Waals surface area contributed by atoms with E-state index in [0.29, 0.717) is 46.4 Å². The highest BCUT2D eigenvalue weighted by atomic mass is 79.9. The highest BCUT2D eigenvalue weighted by molar-refractivity contribution is 9.10. The maximum Gasteiger partial charge on any atom is 0.337 e. The van der Waals surface area contributed by atoms with Crippen molar-refractivity contribution in [2.24, 2.45) is 5.10 Å². The quantitative estimate of drug-likeness (QED) is 0.124. The number of carbonyl (C=O) groups is 2. The Hall–Kier alpha value is -3.97. The van der Waals surface area contributed by atoms with E-state index in [9.17, 15) is 14.7 Å². The Morgan fingerprint density at radius 2 is 1.87 bits per heavy atom. The van der Waals surface area contributed by atoms with Gasteiger partial charge in [-0.3, -0.25) is 5.43 Å². The van der Waals surface area contributed by atoms with E-state index >= 15 is 0 Å². The van der Waals surface area contributed by atoms with E-state index in [0.717, 1.165) is 4.47 Å². The van der Waals surface area contributed by atoms with Crippen molar-refractivity contribution in [2.75, 3.05) is 34.5 Å². The summed E-state index contributed by atoms with van der Waals surface area (Å²) in [5.41, 5.74) is 4.50. The first-order valence-electron chi connectivity index (χ1n) is 11.9. The number of benzene rings is 2. The smallest absolute Gasteiger partial charge is 0.337 e. The third-order valence-electron chi connectivity index (χ3n) is 5.60. The Morgan fingerprint density at radius 3 is 2.54 bits per heavy atom. The molecule has 1 aliphatic rings. The number of hydrogen-bond acceptors (Lipinski definition) is 10. The third kappa shape index (κ3) is 7.33. The van der Waals surface area contributed by atoms with Crippen LogP contribution in [0.2, 0.25) is 0 Å². The molecule has 1 aliphatic heterocycles. The first-order valence-corrected chi connectivity index (χ1v) is 12.7. The second-order valence-electron chi connectivity index (χ2n) is 8.14. The Bertz CT molecular complexity index is 1270. The summed E-state index contributed by atoms with van der Waals surface area (Å²) in [7, 11) is 4.36. The number of nitrogens with one attached hydrogen (secondary N) is 3. The van der Waals surface area contributed by atoms with Gasteiger partial charge in [-0.1, -0.05) is 6.07 Å². The molecular formula is C26H31BrN4O8. The van der Waals surface area contributed by atoms with Gasteiger partial charge in [0.1, 0.15) is 18.1 Å². The molecule has 13 heteroatoms. The molecule has 0 unspecified atom stereocenters. The van der Waals surface area contributed by atoms with Crippen LogP contribution < -0.4 is 35.0 Å². The van der Waals surface area contributed by atoms with Crippen LogP contribution >= 0.6 is 15.9 Å². The molecule has 0 bridgehead atoms. The Kier molecular flexibility index (Phi) is 10.4. The Morgan fingerprint density at radius 1 is 1.13 bits per heavy atom. The fourth-order valence-electron chi connectivity index (χ4n) is 3.80. The minimum atomic E-state index is -1.15. The summed E-state index contributed by atoms with van der Waals surface area (Å²) in [6, 6.07) is 7.27. The molecule has 0 aromatic heterocycles. The summed E-state index contributed by atoms with van der Waals surface area (Å²) < 4.78 is 27.7. The van der Waals surface area contributed by atoms with E-state index < -0.39 is 24.3 Å². The molecule has 0 saturated heterocycles. The van der Waals surface area contributed by atoms with Crippen LogP contribution in [0.25, 0.3) is 0 Å². The topological polar surface area (TPSA) is 149 Å². The molecule has 3 rings (SSSR count). The summed E-state index contributed by atoms with van der Waals surface area (Å²) in [4.78, 5) is 24.5. The largest absolute Gasteiger partial charge is 0.496 e. The van der Waals surface area contributed by atoms with Crippen LogP contribution in [0.4, 0.5) is 4.79 Å². The second kappa shape index (κ2) is 13.7. The van der Waals surface area contributed by atoms with Crippen molar-refractivity contribution in [3.8, 4) is 23.0 Å². The molecule has 12 nitrogen and oxygen atoms in total. The van der Waals surface area contributed by atoms with Crippen molar-refractivity contribution >= 4 is 34.1 Å². The average Bonchev–Trinajstić information content (AvgIpc) is 2.91. The van der Waals surface area contributed by atoms with Crippen LogP contribution in [-0.2, 0) is 9.53 Å². The number of hydrazone groups is 1. The molecule has 4 N–H and O–H groups in total. The van der Waals surface area contributed by atoms with Gasteiger partial charge >= 0.3 is 12.0 Å². The first kappa shape index (κ1) is 29.6. The van der Waals surface area contributed by atoms with Crippen molar-refractivity contribution < 1.29 is 38.4 Å². The van der Waals surface area contributed by atoms with Crippen molar-refractivity contribution in [1.82, 2.24) is 16.1 Å². The zero-order valence-corrected chi connectivity index (χ0v) is 23.7. The van der Waals surface area contributed by atoms with E-state index in [2.05, 4.69) is 37.1 Å². The normalized spacial score (nSPS) is 15.8. The van der Waals surface area contributed by atoms with Crippen LogP contribution in [-0.4, -0.2) is 64.1 Å². The van der Waals surface area contributed by atoms with Gasteiger partial charge in [-0.05, 0) is 53.5 Å². The lowest BCUT2D eigenvalue weighted by Crippen LogP contribution is -2.45. The summed E-state index contributed by atoms with van der Waals surface area (Å²) in [5.74, 6) is 1.30. The summed E-state index contributed by atoms with van der Waals surface area (Å²) in [6.45, 7) is 3.61. The van der Waals surface area contributed by atoms with Crippen LogP contribution in [0, 0.1) is 0 Å². The van der Waals surface area contributed by atoms with Crippen molar-refractivity contribution in [3.63, 3.8) is 0 Å². The molecule has 0 radical (unpaired) electrons. The average molecular weight is 607 g/mol. The van der Waals surface area contributed by atoms with Gasteiger partial charge in [-0.25, -0.2) is 9.59 Å². The minimum absolute atomic E-state index is 0.156. The fourth-order valence-corrected chi connectivity index (χ4v) is 4.32. The Balaban J connectivity index is 1.71. The molecule has 0 fully saturated rings. The number of methoxy groups -OCH3 is 3. The lowest BCUT2D eigenvalue weighted by molar-refractivity contribution is -0.136. The predicted octanol–water partition coefficient (Wildman–Crippen LogP) is 2.99. The molecule has 2 amide bonds. The number of aliphatic hydroxyl groups is 1. The first-order chi connectivity index (χ1) is 18.7. The van der Waals surface area contributed by atoms with Crippen LogP contribution in [0.1, 0.15) is 31.0 Å². The SMILES string of the molecule is CCOc1cc([C@H]2NC(=O)NC(C)=C2C(=O)OC)ccc1OC[C@H](O)N/N=C\c1cc(Br)c(OC)cc1OC. The lowest BCUT2D eigenvalue weighted by atomic mass is 9.95. The summed E-state index contributed by atoms with van der Waals surface area (Å²) in [5, 5.41) is 19.7. The maximum absolute atomic E-state index is 12.4. The molecule has 0 saturated carbocycles. The van der Waals surface area contributed by atoms with Gasteiger partial charge in [0.25, 0.3) is 0 Å². The maximum atomic E-state index is 12.4. The van der Waals surface area contributed by atoms with E-state index in [1.807, 2.05) is 6.92 Å². The number of nitrogens with zero attached hydrogens (tertiary/aromatic N) is 1. The number of hydrogen-bond donors (Lipinski definition) is 4. The minimum Gasteiger partial charge on any atom is -0.496 e. The molecule has 39 heavy (non-hydrogen) atoms. The van der Waals surface area contributed by atoms with Crippen molar-refractivity contribution in [1.29, 1.82) is 0 Å². The number of aliphatic hydroxyl groups excluding tert-OH is 1. The molecule has 0 spiro atoms. The molecular weight excluding hydrogens is 576 g/mol. The molecule has 2 atom stereocenters. The monoisotopic (exact) mass is 606 g/mol. The number of halogens is 1. The number of carbonyl (C=O) groups excluding carboxylic acids is 2. The number of rotatable bonds is 12. The van der Waals surface area contributed by atoms with Gasteiger partial charge in [0.15, 0.2) is 17.7 Å². The number of ether oxygens (including phenoxy) is 5. The van der Waals surface area contributed by atoms with Gasteiger partial charge in [0.05, 0.1) is 50.2 Å². The summed E-state index contributed by atoms with van der Waals surface area (Å²) in [6.07, 6.45) is 0.345. The van der Waals surface area contributed by atoms with Crippen LogP contribution in [0.15, 0.2) is 51.2 Å². The van der Waals surface area contributed by atoms with Crippen molar-refractivity contribution in [2.45, 2.75) is 26.1 Å². The van der Waals surface area contributed by atoms with Gasteiger partial charge in [-0.15, -0.1) is 0 Å². The van der Waals surface area contributed by atoms with Crippen LogP contribution in [0.5, 0.6) is 23.0 Å². The zero-order chi connectivity index (χ0) is 28.5. The molecule has 0 aliphatic carbocycles. The second-order valence-corrected chi connectivity index (χ2v) is 9.00. The molecule has 2 aromatic rings. The van der Waals surface area contributed by atoms with E-state index in [1.165, 1.54) is 20.4 Å². The number of amides is 2. The number of esters is 1. The predicted molar refractivity (Wildman–Crippen MR) is 146 cm³/mol. The number of allylic oxidation sites excluding steroid dienone is 1. The Labute approximate surface area is 234 Å². The van der Waals surface area contributed by atoms with Gasteiger partial charge in [0.2, 0.25) is 0 Å². The lowest BCUT2D eigenvalue weighted by Gasteiger charge is -2.28. The highest BCUT2D eigenvalue weighted by Gasteiger charge is 2.32. The zero-order valence-electron chi connectivity index (χ0n) is 22.2. The summed E-state index contributed by atoms with van der Waals surface area (Å²) >= 11 is 3.42. The van der Waals surface area contributed by atoms with Gasteiger partial charge in [-0.2, -0.15) is 5.10 Å². The number of urea groups is 1. The fraction of sp³-hybridized carbons (Fsp3) is 0.346. The van der Waals surface area contributed by atoms with E-state index in [4.69, 9.17) is 23.7 Å². The van der Waals surface area contributed by atoms with Crippen molar-refractivity contribution in [3.05, 3.63) is 57.2 Å². The third-order valence-corrected chi connectivity index (χ3v) is 6.22. The standard InChI is InChI=1S/C26H31BrN4O8/c1-6-38-21-10-15(24-23(25(33)37-5)14(2)29-26(34)30-24)7-8-18(21)39-13-22(32)31-28-12-16-9-17(27)20(36-4)11-19(16)35-3/h7-12,22,24,31-32H,6,13H2,1-5H3,(H2,29,30,34)/b28-12-/t22-,24+/m0/s1. The van der Waals surface area contributed by atoms with E-state index in [1.54, 1.807) is 44.4 Å². The highest BCUT2D eigenvalue weighted by Crippen LogP contribution is 2.35. The molecule has 1 heterocycles. The van der Waals surface area contributed by atoms with Gasteiger partial charge < -0.3 is 39.4 Å². The van der Waals surface area contributed by atoms with E-state index in [-0.39, 0.29) is 12.2 Å². The molecule has 210 valence electrons. The van der Waals surface area contributed by atoms with Gasteiger partial charge in [0, 0.05) is 17.3 Å². The van der Waals surface area contributed by atoms with Crippen LogP contribution in [0.3, 0.4) is 0 Å².